The molecule has 1 aliphatic heterocycles. The molecule has 1 aromatic heterocycles. The fraction of sp³-hybridized carbons (Fsp3) is 0.464. The second kappa shape index (κ2) is 11.4. The maximum Gasteiger partial charge on any atom is 0.241 e. The molecule has 0 radical (unpaired) electrons. The number of carbonyl (C=O) groups is 1. The molecule has 6 nitrogen and oxygen atoms in total. The third-order valence-electron chi connectivity index (χ3n) is 6.59. The van der Waals surface area contributed by atoms with Crippen LogP contribution >= 0.6 is 11.6 Å². The molecule has 1 amide bonds. The predicted molar refractivity (Wildman–Crippen MR) is 139 cm³/mol. The molecular weight excluding hydrogens is 460 g/mol. The van der Waals surface area contributed by atoms with Crippen LogP contribution in [0.25, 0.3) is 11.4 Å². The monoisotopic (exact) mass is 494 g/mol. The molecule has 1 fully saturated rings. The molecule has 1 aliphatic rings. The summed E-state index contributed by atoms with van der Waals surface area (Å²) in [7, 11) is 0. The van der Waals surface area contributed by atoms with Crippen LogP contribution in [0.15, 0.2) is 53.1 Å². The average molecular weight is 495 g/mol. The minimum absolute atomic E-state index is 0.0172. The van der Waals surface area contributed by atoms with E-state index in [0.29, 0.717) is 31.3 Å². The molecule has 186 valence electrons. The van der Waals surface area contributed by atoms with E-state index in [-0.39, 0.29) is 17.2 Å². The number of benzene rings is 2. The molecule has 1 N–H and O–H groups in total. The smallest absolute Gasteiger partial charge is 0.241 e. The summed E-state index contributed by atoms with van der Waals surface area (Å²) < 4.78 is 5.53. The van der Waals surface area contributed by atoms with Crippen molar-refractivity contribution in [3.63, 3.8) is 0 Å². The van der Waals surface area contributed by atoms with E-state index in [0.717, 1.165) is 48.4 Å². The first-order chi connectivity index (χ1) is 16.8. The number of likely N-dealkylation sites (tertiary alicyclic amines) is 1. The summed E-state index contributed by atoms with van der Waals surface area (Å²) in [5, 5.41) is 8.07. The van der Waals surface area contributed by atoms with Gasteiger partial charge in [0.05, 0.1) is 12.5 Å². The Kier molecular flexibility index (Phi) is 8.24. The van der Waals surface area contributed by atoms with Crippen molar-refractivity contribution in [1.82, 2.24) is 20.4 Å². The highest BCUT2D eigenvalue weighted by Gasteiger charge is 2.26. The van der Waals surface area contributed by atoms with Crippen molar-refractivity contribution in [3.05, 3.63) is 70.6 Å². The molecule has 0 spiro atoms. The predicted octanol–water partition coefficient (Wildman–Crippen LogP) is 5.65. The Balaban J connectivity index is 1.25. The summed E-state index contributed by atoms with van der Waals surface area (Å²) in [6, 6.07) is 16.2. The van der Waals surface area contributed by atoms with Crippen molar-refractivity contribution in [1.29, 1.82) is 0 Å². The topological polar surface area (TPSA) is 71.3 Å². The zero-order valence-corrected chi connectivity index (χ0v) is 21.6. The average Bonchev–Trinajstić information content (AvgIpc) is 3.31. The lowest BCUT2D eigenvalue weighted by molar-refractivity contribution is -0.126. The molecule has 0 bridgehead atoms. The zero-order valence-electron chi connectivity index (χ0n) is 20.9. The third-order valence-corrected chi connectivity index (χ3v) is 6.96. The molecule has 2 heterocycles. The van der Waals surface area contributed by atoms with Crippen LogP contribution in [0.4, 0.5) is 0 Å². The van der Waals surface area contributed by atoms with E-state index < -0.39 is 0 Å². The van der Waals surface area contributed by atoms with Crippen LogP contribution in [-0.4, -0.2) is 40.6 Å². The lowest BCUT2D eigenvalue weighted by atomic mass is 9.87. The van der Waals surface area contributed by atoms with Crippen LogP contribution in [-0.2, 0) is 23.2 Å². The van der Waals surface area contributed by atoms with Gasteiger partial charge in [0, 0.05) is 23.7 Å². The van der Waals surface area contributed by atoms with E-state index in [4.69, 9.17) is 16.1 Å². The van der Waals surface area contributed by atoms with Crippen LogP contribution in [0.2, 0.25) is 5.02 Å². The van der Waals surface area contributed by atoms with Gasteiger partial charge in [-0.25, -0.2) is 0 Å². The molecule has 3 aromatic rings. The molecule has 0 aliphatic carbocycles. The Hall–Kier alpha value is -2.70. The third kappa shape index (κ3) is 6.92. The fourth-order valence-corrected chi connectivity index (χ4v) is 4.73. The number of amides is 1. The van der Waals surface area contributed by atoms with Crippen LogP contribution in [0, 0.1) is 5.92 Å². The molecule has 1 saturated heterocycles. The summed E-state index contributed by atoms with van der Waals surface area (Å²) in [5.41, 5.74) is 3.44. The number of aromatic nitrogens is 2. The number of rotatable bonds is 8. The summed E-state index contributed by atoms with van der Waals surface area (Å²) >= 11 is 6.22. The Morgan fingerprint density at radius 3 is 2.69 bits per heavy atom. The fourth-order valence-electron chi connectivity index (χ4n) is 4.50. The number of halogens is 1. The molecule has 0 saturated carbocycles. The zero-order chi connectivity index (χ0) is 24.8. The lowest BCUT2D eigenvalue weighted by Crippen LogP contribution is -2.43. The van der Waals surface area contributed by atoms with Crippen molar-refractivity contribution in [2.45, 2.75) is 58.4 Å². The largest absolute Gasteiger partial charge is 0.356 e. The van der Waals surface area contributed by atoms with E-state index in [1.54, 1.807) is 0 Å². The molecule has 35 heavy (non-hydrogen) atoms. The first kappa shape index (κ1) is 25.4. The van der Waals surface area contributed by atoms with Crippen LogP contribution < -0.4 is 5.32 Å². The summed E-state index contributed by atoms with van der Waals surface area (Å²) in [6.07, 6.45) is 3.61. The van der Waals surface area contributed by atoms with Gasteiger partial charge < -0.3 is 9.84 Å². The highest BCUT2D eigenvalue weighted by atomic mass is 35.5. The number of aryl methyl sites for hydroxylation is 1. The molecule has 1 atom stereocenters. The van der Waals surface area contributed by atoms with Crippen molar-refractivity contribution < 1.29 is 9.32 Å². The molecule has 1 unspecified atom stereocenters. The van der Waals surface area contributed by atoms with E-state index >= 15 is 0 Å². The van der Waals surface area contributed by atoms with Crippen molar-refractivity contribution in [3.8, 4) is 11.4 Å². The SMILES string of the molecule is CC(C)(C)c1ccc(-c2noc(CN3CCCC(C(=O)NCCCc4ccccc4Cl)C3)n2)cc1. The maximum absolute atomic E-state index is 12.7. The Morgan fingerprint density at radius 2 is 1.94 bits per heavy atom. The first-order valence-electron chi connectivity index (χ1n) is 12.5. The minimum Gasteiger partial charge on any atom is -0.356 e. The molecular formula is C28H35ClN4O2. The van der Waals surface area contributed by atoms with Gasteiger partial charge >= 0.3 is 0 Å². The Bertz CT molecular complexity index is 1120. The van der Waals surface area contributed by atoms with Gasteiger partial charge in [-0.2, -0.15) is 4.98 Å². The second-order valence-corrected chi connectivity index (χ2v) is 10.8. The van der Waals surface area contributed by atoms with Gasteiger partial charge in [-0.15, -0.1) is 0 Å². The number of nitrogens with one attached hydrogen (secondary N) is 1. The normalized spacial score (nSPS) is 16.9. The Morgan fingerprint density at radius 1 is 1.17 bits per heavy atom. The quantitative estimate of drug-likeness (QED) is 0.410. The number of carbonyl (C=O) groups excluding carboxylic acids is 1. The first-order valence-corrected chi connectivity index (χ1v) is 12.8. The summed E-state index contributed by atoms with van der Waals surface area (Å²) in [6.45, 7) is 9.43. The van der Waals surface area contributed by atoms with Crippen molar-refractivity contribution in [2.75, 3.05) is 19.6 Å². The maximum atomic E-state index is 12.7. The van der Waals surface area contributed by atoms with Gasteiger partial charge in [-0.3, -0.25) is 9.69 Å². The van der Waals surface area contributed by atoms with E-state index in [1.807, 2.05) is 36.4 Å². The van der Waals surface area contributed by atoms with Gasteiger partial charge in [0.15, 0.2) is 0 Å². The van der Waals surface area contributed by atoms with Gasteiger partial charge in [-0.05, 0) is 54.8 Å². The van der Waals surface area contributed by atoms with E-state index in [2.05, 4.69) is 53.3 Å². The standard InChI is InChI=1S/C28H35ClN4O2/c1-28(2,3)23-14-12-21(13-15-23)26-31-25(35-32-26)19-33-17-7-10-22(18-33)27(34)30-16-6-9-20-8-4-5-11-24(20)29/h4-5,8,11-15,22H,6-7,9-10,16-19H2,1-3H3,(H,30,34). The number of piperidine rings is 1. The minimum atomic E-state index is -0.0172. The van der Waals surface area contributed by atoms with Crippen molar-refractivity contribution in [2.24, 2.45) is 5.92 Å². The van der Waals surface area contributed by atoms with Gasteiger partial charge in [0.25, 0.3) is 0 Å². The highest BCUT2D eigenvalue weighted by Crippen LogP contribution is 2.25. The number of hydrogen-bond donors (Lipinski definition) is 1. The van der Waals surface area contributed by atoms with Gasteiger partial charge in [-0.1, -0.05) is 80.0 Å². The number of nitrogens with zero attached hydrogens (tertiary/aromatic N) is 3. The molecule has 2 aromatic carbocycles. The summed E-state index contributed by atoms with van der Waals surface area (Å²) in [5.74, 6) is 1.29. The van der Waals surface area contributed by atoms with Crippen LogP contribution in [0.5, 0.6) is 0 Å². The summed E-state index contributed by atoms with van der Waals surface area (Å²) in [4.78, 5) is 19.6. The van der Waals surface area contributed by atoms with E-state index in [9.17, 15) is 4.79 Å². The van der Waals surface area contributed by atoms with Crippen molar-refractivity contribution >= 4 is 17.5 Å². The Labute approximate surface area is 213 Å². The second-order valence-electron chi connectivity index (χ2n) is 10.4. The van der Waals surface area contributed by atoms with Crippen LogP contribution in [0.1, 0.15) is 57.1 Å². The molecule has 4 rings (SSSR count). The highest BCUT2D eigenvalue weighted by molar-refractivity contribution is 6.31. The van der Waals surface area contributed by atoms with Gasteiger partial charge in [0.1, 0.15) is 0 Å². The van der Waals surface area contributed by atoms with Gasteiger partial charge in [0.2, 0.25) is 17.6 Å². The molecule has 7 heteroatoms. The number of hydrogen-bond acceptors (Lipinski definition) is 5. The lowest BCUT2D eigenvalue weighted by Gasteiger charge is -2.30. The van der Waals surface area contributed by atoms with E-state index in [1.165, 1.54) is 5.56 Å². The van der Waals surface area contributed by atoms with Crippen LogP contribution in [0.3, 0.4) is 0 Å².